The molecule has 3 heterocycles. The van der Waals surface area contributed by atoms with Gasteiger partial charge in [-0.15, -0.1) is 11.3 Å². The molecule has 0 radical (unpaired) electrons. The molecule has 0 fully saturated rings. The van der Waals surface area contributed by atoms with Gasteiger partial charge in [-0.05, 0) is 11.4 Å². The van der Waals surface area contributed by atoms with Crippen molar-refractivity contribution >= 4 is 17.1 Å². The van der Waals surface area contributed by atoms with Gasteiger partial charge in [0.1, 0.15) is 6.33 Å². The van der Waals surface area contributed by atoms with Crippen LogP contribution in [-0.4, -0.2) is 19.6 Å². The highest BCUT2D eigenvalue weighted by atomic mass is 32.1. The third-order valence-corrected chi connectivity index (χ3v) is 2.86. The van der Waals surface area contributed by atoms with Gasteiger partial charge in [0.15, 0.2) is 0 Å². The van der Waals surface area contributed by atoms with Crippen LogP contribution in [0.15, 0.2) is 36.2 Å². The van der Waals surface area contributed by atoms with Crippen molar-refractivity contribution in [3.63, 3.8) is 0 Å². The summed E-state index contributed by atoms with van der Waals surface area (Å²) in [6.07, 6.45) is 5.25. The molecular formula is C9H6N4S. The van der Waals surface area contributed by atoms with E-state index in [1.807, 2.05) is 23.8 Å². The maximum atomic E-state index is 4.19. The number of nitrogens with zero attached hydrogens (tertiary/aromatic N) is 4. The quantitative estimate of drug-likeness (QED) is 0.604. The summed E-state index contributed by atoms with van der Waals surface area (Å²) < 4.78 is 1.68. The summed E-state index contributed by atoms with van der Waals surface area (Å²) in [6, 6.07) is 4.08. The van der Waals surface area contributed by atoms with Crippen LogP contribution in [0.3, 0.4) is 0 Å². The second-order valence-corrected chi connectivity index (χ2v) is 3.77. The molecule has 5 heteroatoms. The van der Waals surface area contributed by atoms with E-state index in [0.29, 0.717) is 5.78 Å². The summed E-state index contributed by atoms with van der Waals surface area (Å²) in [4.78, 5) is 9.37. The zero-order valence-electron chi connectivity index (χ0n) is 7.16. The fourth-order valence-corrected chi connectivity index (χ4v) is 1.99. The monoisotopic (exact) mass is 202 g/mol. The number of rotatable bonds is 1. The Bertz CT molecular complexity index is 555. The lowest BCUT2D eigenvalue weighted by molar-refractivity contribution is 0.941. The van der Waals surface area contributed by atoms with Crippen LogP contribution in [0.5, 0.6) is 0 Å². The summed E-state index contributed by atoms with van der Waals surface area (Å²) in [5, 5.41) is 6.08. The van der Waals surface area contributed by atoms with Gasteiger partial charge in [-0.1, -0.05) is 6.07 Å². The minimum absolute atomic E-state index is 0.630. The molecule has 14 heavy (non-hydrogen) atoms. The number of aromatic nitrogens is 4. The predicted octanol–water partition coefficient (Wildman–Crippen LogP) is 1.85. The summed E-state index contributed by atoms with van der Waals surface area (Å²) in [6.45, 7) is 0. The molecule has 0 amide bonds. The van der Waals surface area contributed by atoms with Crippen molar-refractivity contribution in [2.24, 2.45) is 0 Å². The van der Waals surface area contributed by atoms with E-state index in [1.165, 1.54) is 11.2 Å². The molecule has 0 aromatic carbocycles. The molecule has 0 aliphatic rings. The van der Waals surface area contributed by atoms with Gasteiger partial charge in [0.05, 0.1) is 0 Å². The van der Waals surface area contributed by atoms with Crippen LogP contribution in [0.1, 0.15) is 0 Å². The molecule has 0 atom stereocenters. The van der Waals surface area contributed by atoms with Crippen molar-refractivity contribution in [2.45, 2.75) is 0 Å². The third-order valence-electron chi connectivity index (χ3n) is 1.94. The first kappa shape index (κ1) is 7.64. The van der Waals surface area contributed by atoms with E-state index in [4.69, 9.17) is 0 Å². The van der Waals surface area contributed by atoms with Crippen molar-refractivity contribution in [1.82, 2.24) is 19.6 Å². The molecule has 0 saturated heterocycles. The number of hydrogen-bond donors (Lipinski definition) is 0. The van der Waals surface area contributed by atoms with E-state index in [9.17, 15) is 0 Å². The van der Waals surface area contributed by atoms with Gasteiger partial charge in [0.2, 0.25) is 0 Å². The minimum atomic E-state index is 0.630. The van der Waals surface area contributed by atoms with Crippen LogP contribution >= 0.6 is 11.3 Å². The second kappa shape index (κ2) is 2.88. The van der Waals surface area contributed by atoms with Gasteiger partial charge in [-0.25, -0.2) is 9.50 Å². The molecule has 68 valence electrons. The van der Waals surface area contributed by atoms with E-state index in [-0.39, 0.29) is 0 Å². The average Bonchev–Trinajstić information content (AvgIpc) is 2.88. The maximum Gasteiger partial charge on any atom is 0.252 e. The number of fused-ring (bicyclic) bond motifs is 1. The molecule has 0 spiro atoms. The van der Waals surface area contributed by atoms with Crippen LogP contribution in [-0.2, 0) is 0 Å². The maximum absolute atomic E-state index is 4.19. The number of thiophene rings is 1. The Hall–Kier alpha value is -1.75. The van der Waals surface area contributed by atoms with Crippen LogP contribution in [0.4, 0.5) is 0 Å². The lowest BCUT2D eigenvalue weighted by Crippen LogP contribution is -1.90. The Balaban J connectivity index is 2.23. The first-order chi connectivity index (χ1) is 6.93. The molecule has 0 aliphatic carbocycles. The molecular weight excluding hydrogens is 196 g/mol. The average molecular weight is 202 g/mol. The van der Waals surface area contributed by atoms with E-state index >= 15 is 0 Å². The van der Waals surface area contributed by atoms with Crippen molar-refractivity contribution in [3.8, 4) is 10.4 Å². The summed E-state index contributed by atoms with van der Waals surface area (Å²) >= 11 is 1.69. The third kappa shape index (κ3) is 1.10. The van der Waals surface area contributed by atoms with Crippen molar-refractivity contribution in [3.05, 3.63) is 36.2 Å². The van der Waals surface area contributed by atoms with Crippen molar-refractivity contribution in [1.29, 1.82) is 0 Å². The highest BCUT2D eigenvalue weighted by Gasteiger charge is 2.01. The molecule has 0 saturated carbocycles. The molecule has 0 N–H and O–H groups in total. The minimum Gasteiger partial charge on any atom is -0.219 e. The van der Waals surface area contributed by atoms with E-state index < -0.39 is 0 Å². The largest absolute Gasteiger partial charge is 0.252 e. The molecule has 3 aromatic rings. The fraction of sp³-hybridized carbons (Fsp3) is 0. The summed E-state index contributed by atoms with van der Waals surface area (Å²) in [7, 11) is 0. The van der Waals surface area contributed by atoms with Gasteiger partial charge >= 0.3 is 0 Å². The normalized spacial score (nSPS) is 10.9. The molecule has 3 rings (SSSR count). The zero-order valence-corrected chi connectivity index (χ0v) is 7.98. The first-order valence-corrected chi connectivity index (χ1v) is 5.01. The van der Waals surface area contributed by atoms with E-state index in [1.54, 1.807) is 15.9 Å². The lowest BCUT2D eigenvalue weighted by atomic mass is 10.3. The predicted molar refractivity (Wildman–Crippen MR) is 54.1 cm³/mol. The van der Waals surface area contributed by atoms with Crippen molar-refractivity contribution in [2.75, 3.05) is 0 Å². The Labute approximate surface area is 83.9 Å². The Kier molecular flexibility index (Phi) is 1.57. The van der Waals surface area contributed by atoms with Gasteiger partial charge in [-0.3, -0.25) is 0 Å². The highest BCUT2D eigenvalue weighted by molar-refractivity contribution is 7.13. The SMILES string of the molecule is c1csc(-c2cnc3ncnn3c2)c1. The molecule has 0 unspecified atom stereocenters. The highest BCUT2D eigenvalue weighted by Crippen LogP contribution is 2.23. The topological polar surface area (TPSA) is 43.1 Å². The Morgan fingerprint density at radius 1 is 1.29 bits per heavy atom. The summed E-state index contributed by atoms with van der Waals surface area (Å²) in [5.41, 5.74) is 1.07. The van der Waals surface area contributed by atoms with Crippen molar-refractivity contribution < 1.29 is 0 Å². The first-order valence-electron chi connectivity index (χ1n) is 4.13. The zero-order chi connectivity index (χ0) is 9.38. The lowest BCUT2D eigenvalue weighted by Gasteiger charge is -1.96. The van der Waals surface area contributed by atoms with Crippen LogP contribution in [0.25, 0.3) is 16.2 Å². The van der Waals surface area contributed by atoms with E-state index in [2.05, 4.69) is 21.1 Å². The smallest absolute Gasteiger partial charge is 0.219 e. The summed E-state index contributed by atoms with van der Waals surface area (Å²) in [5.74, 6) is 0.630. The van der Waals surface area contributed by atoms with Gasteiger partial charge in [-0.2, -0.15) is 10.1 Å². The Morgan fingerprint density at radius 3 is 3.14 bits per heavy atom. The molecule has 0 bridgehead atoms. The van der Waals surface area contributed by atoms with Gasteiger partial charge < -0.3 is 0 Å². The fourth-order valence-electron chi connectivity index (χ4n) is 1.29. The molecule has 0 aliphatic heterocycles. The molecule has 4 nitrogen and oxygen atoms in total. The Morgan fingerprint density at radius 2 is 2.29 bits per heavy atom. The van der Waals surface area contributed by atoms with E-state index in [0.717, 1.165) is 5.56 Å². The van der Waals surface area contributed by atoms with Crippen LogP contribution in [0, 0.1) is 0 Å². The van der Waals surface area contributed by atoms with Crippen LogP contribution < -0.4 is 0 Å². The number of hydrogen-bond acceptors (Lipinski definition) is 4. The van der Waals surface area contributed by atoms with Gasteiger partial charge in [0, 0.05) is 22.8 Å². The van der Waals surface area contributed by atoms with Gasteiger partial charge in [0.25, 0.3) is 5.78 Å². The molecule has 3 aromatic heterocycles. The second-order valence-electron chi connectivity index (χ2n) is 2.82. The van der Waals surface area contributed by atoms with Crippen LogP contribution in [0.2, 0.25) is 0 Å². The standard InChI is InChI=1S/C9H6N4S/c1-2-8(14-3-1)7-4-10-9-11-6-12-13(9)5-7/h1-6H.